The number of thioether (sulfide) groups is 1. The first kappa shape index (κ1) is 22.4. The minimum atomic E-state index is -0.331. The monoisotopic (exact) mass is 434 g/mol. The minimum absolute atomic E-state index is 0.162. The molecule has 1 atom stereocenters. The molecule has 0 aliphatic carbocycles. The molecule has 0 radical (unpaired) electrons. The maximum atomic E-state index is 12.7. The smallest absolute Gasteiger partial charge is 0.253 e. The van der Waals surface area contributed by atoms with Crippen molar-refractivity contribution in [2.24, 2.45) is 0 Å². The van der Waals surface area contributed by atoms with Crippen LogP contribution in [0.2, 0.25) is 0 Å². The molecule has 0 fully saturated rings. The van der Waals surface area contributed by atoms with Gasteiger partial charge in [-0.05, 0) is 55.3 Å². The molecule has 0 spiro atoms. The summed E-state index contributed by atoms with van der Waals surface area (Å²) in [7, 11) is 1.62. The Morgan fingerprint density at radius 2 is 1.61 bits per heavy atom. The summed E-state index contributed by atoms with van der Waals surface area (Å²) < 4.78 is 5.16. The summed E-state index contributed by atoms with van der Waals surface area (Å²) in [6.07, 6.45) is 0.747. The molecule has 3 aromatic carbocycles. The molecule has 6 heteroatoms. The van der Waals surface area contributed by atoms with E-state index in [1.807, 2.05) is 61.5 Å². The van der Waals surface area contributed by atoms with E-state index in [-0.39, 0.29) is 17.1 Å². The average molecular weight is 435 g/mol. The molecular weight excluding hydrogens is 408 g/mol. The van der Waals surface area contributed by atoms with Crippen LogP contribution < -0.4 is 15.4 Å². The molecule has 0 saturated heterocycles. The first-order chi connectivity index (χ1) is 15.1. The zero-order valence-corrected chi connectivity index (χ0v) is 18.4. The number of benzene rings is 3. The van der Waals surface area contributed by atoms with Crippen LogP contribution in [0.15, 0.2) is 83.8 Å². The number of anilines is 1. The van der Waals surface area contributed by atoms with Crippen LogP contribution in [0.4, 0.5) is 5.69 Å². The van der Waals surface area contributed by atoms with Crippen LogP contribution in [0.5, 0.6) is 5.75 Å². The Bertz CT molecular complexity index is 1010. The Morgan fingerprint density at radius 1 is 0.935 bits per heavy atom. The van der Waals surface area contributed by atoms with Crippen LogP contribution in [-0.4, -0.2) is 30.7 Å². The molecule has 3 rings (SSSR count). The quantitative estimate of drug-likeness (QED) is 0.475. The van der Waals surface area contributed by atoms with E-state index in [1.165, 1.54) is 11.8 Å². The van der Waals surface area contributed by atoms with Gasteiger partial charge in [0.2, 0.25) is 5.91 Å². The molecule has 0 aliphatic rings. The van der Waals surface area contributed by atoms with Crippen molar-refractivity contribution in [3.8, 4) is 5.75 Å². The normalized spacial score (nSPS) is 11.4. The van der Waals surface area contributed by atoms with E-state index in [0.717, 1.165) is 22.6 Å². The molecule has 160 valence electrons. The molecular formula is C25H26N2O3S. The molecule has 2 amide bonds. The van der Waals surface area contributed by atoms with Crippen molar-refractivity contribution in [1.82, 2.24) is 5.32 Å². The van der Waals surface area contributed by atoms with Gasteiger partial charge < -0.3 is 15.4 Å². The Kier molecular flexibility index (Phi) is 8.12. The van der Waals surface area contributed by atoms with Gasteiger partial charge in [-0.1, -0.05) is 42.5 Å². The average Bonchev–Trinajstić information content (AvgIpc) is 2.80. The molecule has 0 saturated carbocycles. The third-order valence-corrected chi connectivity index (χ3v) is 5.83. The lowest BCUT2D eigenvalue weighted by Crippen LogP contribution is -2.28. The number of carbonyl (C=O) groups is 2. The maximum absolute atomic E-state index is 12.7. The standard InChI is InChI=1S/C25H26N2O3S/c1-18(31-21-14-12-20(30-2)13-15-21)24(28)27-23-11-7-6-10-22(23)25(29)26-17-16-19-8-4-3-5-9-19/h3-15,18H,16-17H2,1-2H3,(H,26,29)(H,27,28)/t18-/m1/s1. The summed E-state index contributed by atoms with van der Waals surface area (Å²) in [6, 6.07) is 24.6. The Balaban J connectivity index is 1.58. The van der Waals surface area contributed by atoms with Crippen LogP contribution in [0.3, 0.4) is 0 Å². The van der Waals surface area contributed by atoms with E-state index in [9.17, 15) is 9.59 Å². The lowest BCUT2D eigenvalue weighted by Gasteiger charge is -2.15. The predicted molar refractivity (Wildman–Crippen MR) is 126 cm³/mol. The van der Waals surface area contributed by atoms with Gasteiger partial charge in [0.25, 0.3) is 5.91 Å². The van der Waals surface area contributed by atoms with E-state index in [0.29, 0.717) is 17.8 Å². The molecule has 5 nitrogen and oxygen atoms in total. The van der Waals surface area contributed by atoms with Crippen LogP contribution in [0, 0.1) is 0 Å². The summed E-state index contributed by atoms with van der Waals surface area (Å²) in [6.45, 7) is 2.36. The number of ether oxygens (including phenoxy) is 1. The van der Waals surface area contributed by atoms with Gasteiger partial charge in [-0.2, -0.15) is 0 Å². The van der Waals surface area contributed by atoms with Crippen molar-refractivity contribution in [3.05, 3.63) is 90.0 Å². The lowest BCUT2D eigenvalue weighted by atomic mass is 10.1. The zero-order chi connectivity index (χ0) is 22.1. The molecule has 0 aromatic heterocycles. The number of rotatable bonds is 9. The fourth-order valence-corrected chi connectivity index (χ4v) is 3.86. The molecule has 3 aromatic rings. The van der Waals surface area contributed by atoms with Crippen LogP contribution in [0.25, 0.3) is 0 Å². The second kappa shape index (κ2) is 11.2. The van der Waals surface area contributed by atoms with Crippen molar-refractivity contribution in [2.75, 3.05) is 19.0 Å². The first-order valence-electron chi connectivity index (χ1n) is 10.1. The zero-order valence-electron chi connectivity index (χ0n) is 17.6. The highest BCUT2D eigenvalue weighted by Crippen LogP contribution is 2.26. The molecule has 0 bridgehead atoms. The van der Waals surface area contributed by atoms with E-state index in [4.69, 9.17) is 4.74 Å². The molecule has 0 heterocycles. The van der Waals surface area contributed by atoms with Gasteiger partial charge in [-0.25, -0.2) is 0 Å². The van der Waals surface area contributed by atoms with E-state index in [1.54, 1.807) is 31.4 Å². The number of methoxy groups -OCH3 is 1. The topological polar surface area (TPSA) is 67.4 Å². The summed E-state index contributed by atoms with van der Waals surface area (Å²) in [5.74, 6) is 0.404. The van der Waals surface area contributed by atoms with Crippen LogP contribution in [0.1, 0.15) is 22.8 Å². The van der Waals surface area contributed by atoms with Gasteiger partial charge in [-0.15, -0.1) is 11.8 Å². The summed E-state index contributed by atoms with van der Waals surface area (Å²) >= 11 is 1.45. The van der Waals surface area contributed by atoms with Crippen molar-refractivity contribution in [2.45, 2.75) is 23.5 Å². The lowest BCUT2D eigenvalue weighted by molar-refractivity contribution is -0.115. The third-order valence-electron chi connectivity index (χ3n) is 4.71. The van der Waals surface area contributed by atoms with Crippen molar-refractivity contribution >= 4 is 29.3 Å². The SMILES string of the molecule is COc1ccc(S[C@H](C)C(=O)Nc2ccccc2C(=O)NCCc2ccccc2)cc1. The fraction of sp³-hybridized carbons (Fsp3) is 0.200. The van der Waals surface area contributed by atoms with E-state index in [2.05, 4.69) is 10.6 Å². The molecule has 31 heavy (non-hydrogen) atoms. The highest BCUT2D eigenvalue weighted by molar-refractivity contribution is 8.00. The Morgan fingerprint density at radius 3 is 2.32 bits per heavy atom. The second-order valence-corrected chi connectivity index (χ2v) is 8.38. The number of amides is 2. The van der Waals surface area contributed by atoms with Gasteiger partial charge in [0.1, 0.15) is 5.75 Å². The third kappa shape index (κ3) is 6.62. The highest BCUT2D eigenvalue weighted by atomic mass is 32.2. The number of para-hydroxylation sites is 1. The van der Waals surface area contributed by atoms with Crippen molar-refractivity contribution in [1.29, 1.82) is 0 Å². The highest BCUT2D eigenvalue weighted by Gasteiger charge is 2.18. The largest absolute Gasteiger partial charge is 0.497 e. The number of hydrogen-bond donors (Lipinski definition) is 2. The molecule has 2 N–H and O–H groups in total. The summed E-state index contributed by atoms with van der Waals surface area (Å²) in [5, 5.41) is 5.50. The number of carbonyl (C=O) groups excluding carboxylic acids is 2. The molecule has 0 unspecified atom stereocenters. The maximum Gasteiger partial charge on any atom is 0.253 e. The Labute approximate surface area is 187 Å². The van der Waals surface area contributed by atoms with Gasteiger partial charge in [0, 0.05) is 11.4 Å². The number of nitrogens with one attached hydrogen (secondary N) is 2. The van der Waals surface area contributed by atoms with Crippen LogP contribution in [-0.2, 0) is 11.2 Å². The Hall–Kier alpha value is -3.25. The summed E-state index contributed by atoms with van der Waals surface area (Å²) in [4.78, 5) is 26.4. The first-order valence-corrected chi connectivity index (χ1v) is 11.0. The van der Waals surface area contributed by atoms with Crippen molar-refractivity contribution in [3.63, 3.8) is 0 Å². The molecule has 0 aliphatic heterocycles. The van der Waals surface area contributed by atoms with Gasteiger partial charge in [0.15, 0.2) is 0 Å². The fourth-order valence-electron chi connectivity index (χ4n) is 3.00. The van der Waals surface area contributed by atoms with Gasteiger partial charge in [0.05, 0.1) is 23.6 Å². The number of hydrogen-bond acceptors (Lipinski definition) is 4. The van der Waals surface area contributed by atoms with E-state index < -0.39 is 0 Å². The van der Waals surface area contributed by atoms with Crippen molar-refractivity contribution < 1.29 is 14.3 Å². The van der Waals surface area contributed by atoms with Gasteiger partial charge in [-0.3, -0.25) is 9.59 Å². The second-order valence-electron chi connectivity index (χ2n) is 6.96. The van der Waals surface area contributed by atoms with Gasteiger partial charge >= 0.3 is 0 Å². The minimum Gasteiger partial charge on any atom is -0.497 e. The van der Waals surface area contributed by atoms with Crippen LogP contribution >= 0.6 is 11.8 Å². The summed E-state index contributed by atoms with van der Waals surface area (Å²) in [5.41, 5.74) is 2.12. The van der Waals surface area contributed by atoms with E-state index >= 15 is 0 Å². The predicted octanol–water partition coefficient (Wildman–Crippen LogP) is 4.79.